The molecule has 3 aromatic rings. The summed E-state index contributed by atoms with van der Waals surface area (Å²) in [5.74, 6) is 2.16. The number of benzene rings is 3. The minimum Gasteiger partial charge on any atom is -0.504 e. The Kier molecular flexibility index (Phi) is 7.20. The van der Waals surface area contributed by atoms with Crippen molar-refractivity contribution in [1.82, 2.24) is 5.32 Å². The van der Waals surface area contributed by atoms with E-state index in [2.05, 4.69) is 21.2 Å². The Morgan fingerprint density at radius 1 is 1.03 bits per heavy atom. The van der Waals surface area contributed by atoms with Gasteiger partial charge in [-0.1, -0.05) is 30.3 Å². The molecule has 0 radical (unpaired) electrons. The van der Waals surface area contributed by atoms with E-state index in [1.54, 1.807) is 20.3 Å². The summed E-state index contributed by atoms with van der Waals surface area (Å²) in [6, 6.07) is 19.2. The van der Waals surface area contributed by atoms with Crippen LogP contribution >= 0.6 is 15.9 Å². The number of para-hydroxylation sites is 1. The molecule has 0 spiro atoms. The third-order valence-electron chi connectivity index (χ3n) is 5.64. The van der Waals surface area contributed by atoms with Crippen LogP contribution in [0, 0.1) is 0 Å². The van der Waals surface area contributed by atoms with Crippen LogP contribution in [0.1, 0.15) is 42.2 Å². The molecule has 172 valence electrons. The van der Waals surface area contributed by atoms with Crippen LogP contribution in [-0.4, -0.2) is 31.6 Å². The van der Waals surface area contributed by atoms with E-state index in [-0.39, 0.29) is 18.0 Å². The largest absolute Gasteiger partial charge is 0.504 e. The summed E-state index contributed by atoms with van der Waals surface area (Å²) in [7, 11) is 3.29. The average Bonchev–Trinajstić information content (AvgIpc) is 2.85. The molecular weight excluding hydrogens is 484 g/mol. The fraction of sp³-hybridized carbons (Fsp3) is 0.269. The zero-order valence-electron chi connectivity index (χ0n) is 18.8. The van der Waals surface area contributed by atoms with Crippen molar-refractivity contribution in [2.75, 3.05) is 20.8 Å². The zero-order chi connectivity index (χ0) is 23.4. The predicted octanol–water partition coefficient (Wildman–Crippen LogP) is 5.79. The minimum atomic E-state index is -0.317. The normalized spacial score (nSPS) is 17.9. The SMILES string of the molecule is CCOc1cccc(C2CC(c3cccc(OC)c3)=NC(c3ccc(OC)c(Br)c3)N2)c1O. The Morgan fingerprint density at radius 3 is 2.58 bits per heavy atom. The van der Waals surface area contributed by atoms with Crippen LogP contribution in [0.15, 0.2) is 70.1 Å². The number of ether oxygens (including phenoxy) is 3. The summed E-state index contributed by atoms with van der Waals surface area (Å²) in [6.45, 7) is 2.38. The second kappa shape index (κ2) is 10.3. The van der Waals surface area contributed by atoms with Crippen molar-refractivity contribution in [1.29, 1.82) is 0 Å². The Bertz CT molecular complexity index is 1160. The summed E-state index contributed by atoms with van der Waals surface area (Å²) in [6.07, 6.45) is 0.284. The molecule has 7 heteroatoms. The summed E-state index contributed by atoms with van der Waals surface area (Å²) in [5, 5.41) is 14.5. The zero-order valence-corrected chi connectivity index (χ0v) is 20.4. The highest BCUT2D eigenvalue weighted by Crippen LogP contribution is 2.39. The maximum absolute atomic E-state index is 10.9. The monoisotopic (exact) mass is 510 g/mol. The number of nitrogens with one attached hydrogen (secondary N) is 1. The number of phenolic OH excluding ortho intramolecular Hbond substituents is 1. The fourth-order valence-electron chi connectivity index (χ4n) is 4.00. The van der Waals surface area contributed by atoms with Gasteiger partial charge in [0.05, 0.1) is 25.3 Å². The van der Waals surface area contributed by atoms with Crippen molar-refractivity contribution in [3.05, 3.63) is 81.8 Å². The number of hydrogen-bond acceptors (Lipinski definition) is 6. The molecule has 4 rings (SSSR count). The highest BCUT2D eigenvalue weighted by atomic mass is 79.9. The highest BCUT2D eigenvalue weighted by molar-refractivity contribution is 9.10. The molecule has 2 atom stereocenters. The van der Waals surface area contributed by atoms with Gasteiger partial charge in [-0.05, 0) is 64.3 Å². The van der Waals surface area contributed by atoms with Crippen LogP contribution in [-0.2, 0) is 0 Å². The van der Waals surface area contributed by atoms with Crippen molar-refractivity contribution in [3.63, 3.8) is 0 Å². The number of phenols is 1. The molecule has 0 aliphatic carbocycles. The first-order valence-corrected chi connectivity index (χ1v) is 11.6. The van der Waals surface area contributed by atoms with Gasteiger partial charge in [0.2, 0.25) is 0 Å². The molecule has 0 fully saturated rings. The lowest BCUT2D eigenvalue weighted by Crippen LogP contribution is -2.33. The third kappa shape index (κ3) is 4.99. The second-order valence-electron chi connectivity index (χ2n) is 7.65. The number of nitrogens with zero attached hydrogens (tertiary/aromatic N) is 1. The first-order valence-electron chi connectivity index (χ1n) is 10.8. The lowest BCUT2D eigenvalue weighted by Gasteiger charge is -2.31. The van der Waals surface area contributed by atoms with Crippen LogP contribution < -0.4 is 19.5 Å². The van der Waals surface area contributed by atoms with Crippen molar-refractivity contribution < 1.29 is 19.3 Å². The number of hydrogen-bond donors (Lipinski definition) is 2. The maximum Gasteiger partial charge on any atom is 0.162 e. The van der Waals surface area contributed by atoms with Gasteiger partial charge in [-0.15, -0.1) is 0 Å². The number of aromatic hydroxyl groups is 1. The molecule has 0 saturated heterocycles. The molecule has 1 aliphatic rings. The molecule has 33 heavy (non-hydrogen) atoms. The second-order valence-corrected chi connectivity index (χ2v) is 8.51. The van der Waals surface area contributed by atoms with Crippen molar-refractivity contribution in [2.24, 2.45) is 4.99 Å². The molecule has 1 aliphatic heterocycles. The van der Waals surface area contributed by atoms with Gasteiger partial charge in [0.25, 0.3) is 0 Å². The number of rotatable bonds is 7. The van der Waals surface area contributed by atoms with Gasteiger partial charge in [-0.2, -0.15) is 0 Å². The summed E-state index contributed by atoms with van der Waals surface area (Å²) in [4.78, 5) is 5.03. The predicted molar refractivity (Wildman–Crippen MR) is 133 cm³/mol. The van der Waals surface area contributed by atoms with E-state index in [1.807, 2.05) is 61.5 Å². The van der Waals surface area contributed by atoms with Crippen LogP contribution in [0.3, 0.4) is 0 Å². The van der Waals surface area contributed by atoms with Gasteiger partial charge in [0.1, 0.15) is 17.7 Å². The highest BCUT2D eigenvalue weighted by Gasteiger charge is 2.29. The first kappa shape index (κ1) is 23.1. The average molecular weight is 511 g/mol. The minimum absolute atomic E-state index is 0.151. The van der Waals surface area contributed by atoms with Crippen LogP contribution in [0.2, 0.25) is 0 Å². The first-order chi connectivity index (χ1) is 16.0. The van der Waals surface area contributed by atoms with Gasteiger partial charge in [-0.3, -0.25) is 10.3 Å². The number of methoxy groups -OCH3 is 2. The lowest BCUT2D eigenvalue weighted by atomic mass is 9.93. The molecule has 2 unspecified atom stereocenters. The Balaban J connectivity index is 1.77. The lowest BCUT2D eigenvalue weighted by molar-refractivity contribution is 0.313. The summed E-state index contributed by atoms with van der Waals surface area (Å²) in [5.41, 5.74) is 3.66. The molecular formula is C26H27BrN2O4. The van der Waals surface area contributed by atoms with Crippen LogP contribution in [0.5, 0.6) is 23.0 Å². The third-order valence-corrected chi connectivity index (χ3v) is 6.26. The molecule has 0 amide bonds. The van der Waals surface area contributed by atoms with Gasteiger partial charge < -0.3 is 19.3 Å². The molecule has 0 saturated carbocycles. The van der Waals surface area contributed by atoms with Gasteiger partial charge >= 0.3 is 0 Å². The van der Waals surface area contributed by atoms with E-state index < -0.39 is 0 Å². The topological polar surface area (TPSA) is 72.3 Å². The van der Waals surface area contributed by atoms with Crippen molar-refractivity contribution >= 4 is 21.6 Å². The number of halogens is 1. The van der Waals surface area contributed by atoms with E-state index in [4.69, 9.17) is 19.2 Å². The van der Waals surface area contributed by atoms with Gasteiger partial charge in [0.15, 0.2) is 11.5 Å². The van der Waals surface area contributed by atoms with E-state index >= 15 is 0 Å². The molecule has 6 nitrogen and oxygen atoms in total. The van der Waals surface area contributed by atoms with Crippen LogP contribution in [0.25, 0.3) is 0 Å². The quantitative estimate of drug-likeness (QED) is 0.420. The molecule has 2 N–H and O–H groups in total. The smallest absolute Gasteiger partial charge is 0.162 e. The molecule has 0 bridgehead atoms. The van der Waals surface area contributed by atoms with Crippen LogP contribution in [0.4, 0.5) is 0 Å². The standard InChI is InChI=1S/C26H27BrN2O4/c1-4-33-24-10-6-9-19(25(24)30)22-15-21(16-7-5-8-18(13-16)31-2)28-26(29-22)17-11-12-23(32-3)20(27)14-17/h5-14,22,26,29-30H,4,15H2,1-3H3. The van der Waals surface area contributed by atoms with Crippen molar-refractivity contribution in [3.8, 4) is 23.0 Å². The van der Waals surface area contributed by atoms with Gasteiger partial charge in [0, 0.05) is 23.7 Å². The molecule has 1 heterocycles. The van der Waals surface area contributed by atoms with E-state index in [0.717, 1.165) is 38.4 Å². The number of aliphatic imine (C=N–C) groups is 1. The molecule has 0 aromatic heterocycles. The fourth-order valence-corrected chi connectivity index (χ4v) is 4.56. The Morgan fingerprint density at radius 2 is 1.85 bits per heavy atom. The Labute approximate surface area is 202 Å². The summed E-state index contributed by atoms with van der Waals surface area (Å²) >= 11 is 3.58. The van der Waals surface area contributed by atoms with E-state index in [1.165, 1.54) is 0 Å². The maximum atomic E-state index is 10.9. The van der Waals surface area contributed by atoms with E-state index in [9.17, 15) is 5.11 Å². The van der Waals surface area contributed by atoms with Crippen molar-refractivity contribution in [2.45, 2.75) is 25.6 Å². The Hall–Kier alpha value is -3.03. The summed E-state index contributed by atoms with van der Waals surface area (Å²) < 4.78 is 17.3. The van der Waals surface area contributed by atoms with Gasteiger partial charge in [-0.25, -0.2) is 0 Å². The van der Waals surface area contributed by atoms with E-state index in [0.29, 0.717) is 18.8 Å². The molecule has 3 aromatic carbocycles.